The molecule has 1 fully saturated rings. The third-order valence-electron chi connectivity index (χ3n) is 12.2. The second-order valence-electron chi connectivity index (χ2n) is 17.9. The molecule has 7 amide bonds. The Hall–Kier alpha value is -7.20. The molecule has 3 atom stereocenters. The van der Waals surface area contributed by atoms with E-state index in [1.54, 1.807) is 49.8 Å². The molecular formula is C52H60ClN8O8+. The summed E-state index contributed by atoms with van der Waals surface area (Å²) in [5.74, 6) is -4.04. The number of aromatic nitrogens is 2. The maximum absolute atomic E-state index is 13.7. The van der Waals surface area contributed by atoms with E-state index in [9.17, 15) is 38.4 Å². The van der Waals surface area contributed by atoms with Gasteiger partial charge in [-0.1, -0.05) is 81.3 Å². The van der Waals surface area contributed by atoms with Crippen LogP contribution < -0.4 is 31.6 Å². The Kier molecular flexibility index (Phi) is 18.0. The van der Waals surface area contributed by atoms with Crippen molar-refractivity contribution in [1.82, 2.24) is 20.1 Å². The van der Waals surface area contributed by atoms with Gasteiger partial charge in [0, 0.05) is 96.2 Å². The van der Waals surface area contributed by atoms with Crippen molar-refractivity contribution in [2.75, 3.05) is 23.7 Å². The number of anilines is 2. The SMILES string of the molecule is CC1CC(=O)N(CCCCCC(=O)N[C@H](C(=O)C[C@@H](CCCNC(N)=O)C(=O)Nc2ccc(C[n+]3ccc(NC(=O)C(=O)c4cn(Cc5ccc(Cl)cc5)c5ccccc45)cc3)cc2)C(C)C)C1=O. The number of carbonyl (C=O) groups is 8. The van der Waals surface area contributed by atoms with Crippen LogP contribution in [0.1, 0.15) is 93.6 Å². The first kappa shape index (κ1) is 51.2. The number of halogens is 1. The summed E-state index contributed by atoms with van der Waals surface area (Å²) in [5.41, 5.74) is 9.22. The highest BCUT2D eigenvalue weighted by atomic mass is 35.5. The highest BCUT2D eigenvalue weighted by molar-refractivity contribution is 6.48. The number of amides is 7. The van der Waals surface area contributed by atoms with Gasteiger partial charge in [0.1, 0.15) is 0 Å². The van der Waals surface area contributed by atoms with Crippen molar-refractivity contribution >= 4 is 81.0 Å². The van der Waals surface area contributed by atoms with Crippen molar-refractivity contribution in [2.45, 2.75) is 91.3 Å². The van der Waals surface area contributed by atoms with Crippen LogP contribution in [0, 0.1) is 17.8 Å². The standard InChI is InChI=1S/C52H59ClN8O8/c1-33(2)47(58-45(63)13-5-4-8-25-61-46(64)28-34(3)51(61)68)44(62)29-37(10-9-24-55-52(54)69)49(66)56-39-20-16-35(17-21-39)30-59-26-22-40(23-27-59)57-50(67)48(65)42-32-60(43-12-7-6-11-41(42)43)31-36-14-18-38(53)19-15-36/h6-7,11-12,14-23,26-27,32-34,37,47H,4-5,8-10,13,24-25,28-31H2,1-3H3,(H5,54,55,56,58,63,66,69)/p+1/t34?,37-,47+/m1/s1. The van der Waals surface area contributed by atoms with Crippen molar-refractivity contribution in [3.05, 3.63) is 125 Å². The van der Waals surface area contributed by atoms with E-state index >= 15 is 0 Å². The van der Waals surface area contributed by atoms with Gasteiger partial charge in [0.25, 0.3) is 11.7 Å². The normalized spacial score (nSPS) is 14.4. The highest BCUT2D eigenvalue weighted by Crippen LogP contribution is 2.25. The summed E-state index contributed by atoms with van der Waals surface area (Å²) in [6.45, 7) is 6.87. The number of likely N-dealkylation sites (tertiary alicyclic amines) is 1. The van der Waals surface area contributed by atoms with Crippen LogP contribution in [-0.4, -0.2) is 75.7 Å². The van der Waals surface area contributed by atoms with Gasteiger partial charge in [-0.25, -0.2) is 9.36 Å². The van der Waals surface area contributed by atoms with E-state index in [4.69, 9.17) is 17.3 Å². The van der Waals surface area contributed by atoms with Crippen LogP contribution >= 0.6 is 11.6 Å². The summed E-state index contributed by atoms with van der Waals surface area (Å²) >= 11 is 6.06. The van der Waals surface area contributed by atoms with Gasteiger partial charge in [0.05, 0.1) is 17.3 Å². The summed E-state index contributed by atoms with van der Waals surface area (Å²) in [6, 6.07) is 24.0. The van der Waals surface area contributed by atoms with E-state index in [0.29, 0.717) is 72.7 Å². The summed E-state index contributed by atoms with van der Waals surface area (Å²) < 4.78 is 3.83. The molecule has 16 nitrogen and oxygen atoms in total. The van der Waals surface area contributed by atoms with Gasteiger partial charge in [-0.05, 0) is 67.5 Å². The van der Waals surface area contributed by atoms with Gasteiger partial charge in [-0.3, -0.25) is 38.5 Å². The molecule has 5 aromatic rings. The molecule has 1 aliphatic rings. The fourth-order valence-electron chi connectivity index (χ4n) is 8.39. The zero-order valence-electron chi connectivity index (χ0n) is 39.2. The molecule has 362 valence electrons. The van der Waals surface area contributed by atoms with Gasteiger partial charge in [-0.2, -0.15) is 0 Å². The number of carbonyl (C=O) groups excluding carboxylic acids is 8. The third-order valence-corrected chi connectivity index (χ3v) is 12.4. The molecule has 0 radical (unpaired) electrons. The quantitative estimate of drug-likeness (QED) is 0.0150. The minimum atomic E-state index is -0.825. The first-order valence-corrected chi connectivity index (χ1v) is 23.7. The molecule has 6 rings (SSSR count). The van der Waals surface area contributed by atoms with Crippen molar-refractivity contribution in [3.63, 3.8) is 0 Å². The number of Topliss-reactive ketones (excluding diaryl/α,β-unsaturated/α-hetero) is 2. The van der Waals surface area contributed by atoms with Crippen LogP contribution in [0.3, 0.4) is 0 Å². The number of pyridine rings is 1. The molecule has 2 aromatic heterocycles. The maximum atomic E-state index is 13.7. The van der Waals surface area contributed by atoms with E-state index in [-0.39, 0.29) is 73.5 Å². The van der Waals surface area contributed by atoms with E-state index in [2.05, 4.69) is 21.3 Å². The Bertz CT molecular complexity index is 2670. The lowest BCUT2D eigenvalue weighted by atomic mass is 9.89. The lowest BCUT2D eigenvalue weighted by Gasteiger charge is -2.24. The third kappa shape index (κ3) is 14.4. The average Bonchev–Trinajstić information content (AvgIpc) is 3.80. The molecule has 1 aliphatic heterocycles. The number of hydrogen-bond acceptors (Lipinski definition) is 8. The van der Waals surface area contributed by atoms with Gasteiger partial charge < -0.3 is 31.6 Å². The number of para-hydroxylation sites is 1. The second kappa shape index (κ2) is 24.2. The molecule has 0 spiro atoms. The van der Waals surface area contributed by atoms with Crippen LogP contribution in [0.25, 0.3) is 10.9 Å². The number of unbranched alkanes of at least 4 members (excludes halogenated alkanes) is 2. The van der Waals surface area contributed by atoms with Crippen molar-refractivity contribution in [2.24, 2.45) is 23.5 Å². The zero-order valence-corrected chi connectivity index (χ0v) is 39.9. The number of benzene rings is 3. The molecule has 1 unspecified atom stereocenters. The number of ketones is 2. The molecule has 3 aromatic carbocycles. The second-order valence-corrected chi connectivity index (χ2v) is 18.4. The number of nitrogens with two attached hydrogens (primary N) is 1. The largest absolute Gasteiger partial charge is 0.352 e. The van der Waals surface area contributed by atoms with Crippen LogP contribution in [0.4, 0.5) is 16.2 Å². The van der Waals surface area contributed by atoms with Crippen molar-refractivity contribution in [3.8, 4) is 0 Å². The monoisotopic (exact) mass is 959 g/mol. The molecule has 69 heavy (non-hydrogen) atoms. The molecular weight excluding hydrogens is 900 g/mol. The fraction of sp³-hybridized carbons (Fsp3) is 0.365. The number of fused-ring (bicyclic) bond motifs is 1. The van der Waals surface area contributed by atoms with Crippen LogP contribution in [0.5, 0.6) is 0 Å². The molecule has 6 N–H and O–H groups in total. The first-order chi connectivity index (χ1) is 33.1. The number of imide groups is 1. The van der Waals surface area contributed by atoms with Crippen LogP contribution in [0.15, 0.2) is 104 Å². The number of primary amides is 1. The Morgan fingerprint density at radius 3 is 2.17 bits per heavy atom. The number of rotatable bonds is 24. The Labute approximate surface area is 406 Å². The zero-order chi connectivity index (χ0) is 49.6. The average molecular weight is 961 g/mol. The Balaban J connectivity index is 1.000. The molecule has 3 heterocycles. The first-order valence-electron chi connectivity index (χ1n) is 23.3. The van der Waals surface area contributed by atoms with E-state index < -0.39 is 29.7 Å². The van der Waals surface area contributed by atoms with Crippen molar-refractivity contribution in [1.29, 1.82) is 0 Å². The molecule has 0 bridgehead atoms. The van der Waals surface area contributed by atoms with E-state index in [1.807, 2.05) is 83.6 Å². The smallest absolute Gasteiger partial charge is 0.312 e. The molecule has 0 saturated carbocycles. The van der Waals surface area contributed by atoms with Crippen LogP contribution in [0.2, 0.25) is 5.02 Å². The Morgan fingerprint density at radius 2 is 1.51 bits per heavy atom. The summed E-state index contributed by atoms with van der Waals surface area (Å²) in [4.78, 5) is 104. The molecule has 0 aliphatic carbocycles. The lowest BCUT2D eigenvalue weighted by molar-refractivity contribution is -0.688. The van der Waals surface area contributed by atoms with Gasteiger partial charge in [-0.15, -0.1) is 0 Å². The summed E-state index contributed by atoms with van der Waals surface area (Å²) in [6.07, 6.45) is 7.89. The summed E-state index contributed by atoms with van der Waals surface area (Å²) in [5, 5.41) is 12.3. The minimum Gasteiger partial charge on any atom is -0.352 e. The Morgan fingerprint density at radius 1 is 0.826 bits per heavy atom. The minimum absolute atomic E-state index is 0.142. The van der Waals surface area contributed by atoms with Crippen molar-refractivity contribution < 1.29 is 42.9 Å². The number of urea groups is 1. The van der Waals surface area contributed by atoms with Gasteiger partial charge in [0.15, 0.2) is 24.7 Å². The molecule has 1 saturated heterocycles. The maximum Gasteiger partial charge on any atom is 0.312 e. The number of nitrogens with one attached hydrogen (secondary N) is 4. The predicted molar refractivity (Wildman–Crippen MR) is 262 cm³/mol. The topological polar surface area (TPSA) is 223 Å². The summed E-state index contributed by atoms with van der Waals surface area (Å²) in [7, 11) is 0. The number of hydrogen-bond donors (Lipinski definition) is 5. The molecule has 17 heteroatoms. The fourth-order valence-corrected chi connectivity index (χ4v) is 8.51. The lowest BCUT2D eigenvalue weighted by Crippen LogP contribution is -2.45. The van der Waals surface area contributed by atoms with Gasteiger partial charge in [0.2, 0.25) is 23.6 Å². The predicted octanol–water partition coefficient (Wildman–Crippen LogP) is 6.56. The van der Waals surface area contributed by atoms with E-state index in [0.717, 1.165) is 16.6 Å². The van der Waals surface area contributed by atoms with E-state index in [1.165, 1.54) is 4.90 Å². The van der Waals surface area contributed by atoms with Crippen LogP contribution in [-0.2, 0) is 41.9 Å². The number of nitrogens with zero attached hydrogens (tertiary/aromatic N) is 3. The highest BCUT2D eigenvalue weighted by Gasteiger charge is 2.35. The van der Waals surface area contributed by atoms with Gasteiger partial charge >= 0.3 is 6.03 Å².